The third-order valence-corrected chi connectivity index (χ3v) is 2.64. The summed E-state index contributed by atoms with van der Waals surface area (Å²) in [5.74, 6) is 0.409. The number of nitrogens with zero attached hydrogens (tertiary/aromatic N) is 1. The molecule has 0 saturated carbocycles. The summed E-state index contributed by atoms with van der Waals surface area (Å²) in [4.78, 5) is 2.50. The van der Waals surface area contributed by atoms with Gasteiger partial charge < -0.3 is 10.4 Å². The fraction of sp³-hybridized carbons (Fsp3) is 1.00. The number of hydrogen-bond donors (Lipinski definition) is 2. The highest BCUT2D eigenvalue weighted by molar-refractivity contribution is 4.84. The zero-order valence-electron chi connectivity index (χ0n) is 8.79. The smallest absolute Gasteiger partial charge is 0.0468 e. The molecular weight excluding hydrogens is 164 g/mol. The van der Waals surface area contributed by atoms with Gasteiger partial charge in [-0.2, -0.15) is 0 Å². The van der Waals surface area contributed by atoms with Crippen molar-refractivity contribution in [1.82, 2.24) is 10.2 Å². The Morgan fingerprint density at radius 2 is 2.23 bits per heavy atom. The van der Waals surface area contributed by atoms with Crippen molar-refractivity contribution in [2.24, 2.45) is 5.92 Å². The van der Waals surface area contributed by atoms with Crippen LogP contribution in [0.15, 0.2) is 0 Å². The van der Waals surface area contributed by atoms with E-state index in [2.05, 4.69) is 24.1 Å². The lowest BCUT2D eigenvalue weighted by molar-refractivity contribution is 0.106. The van der Waals surface area contributed by atoms with Crippen LogP contribution in [-0.4, -0.2) is 48.8 Å². The van der Waals surface area contributed by atoms with Gasteiger partial charge in [-0.3, -0.25) is 4.90 Å². The van der Waals surface area contributed by atoms with Crippen LogP contribution < -0.4 is 5.32 Å². The van der Waals surface area contributed by atoms with Gasteiger partial charge in [0.15, 0.2) is 0 Å². The van der Waals surface area contributed by atoms with Gasteiger partial charge in [-0.1, -0.05) is 13.8 Å². The summed E-state index contributed by atoms with van der Waals surface area (Å²) < 4.78 is 0. The molecule has 1 rings (SSSR count). The lowest BCUT2D eigenvalue weighted by Crippen LogP contribution is -2.58. The summed E-state index contributed by atoms with van der Waals surface area (Å²) in [7, 11) is 0. The molecule has 0 spiro atoms. The van der Waals surface area contributed by atoms with E-state index >= 15 is 0 Å². The van der Waals surface area contributed by atoms with Gasteiger partial charge >= 0.3 is 0 Å². The van der Waals surface area contributed by atoms with Gasteiger partial charge in [0.2, 0.25) is 0 Å². The predicted octanol–water partition coefficient (Wildman–Crippen LogP) is 0.299. The van der Waals surface area contributed by atoms with Gasteiger partial charge in [-0.25, -0.2) is 0 Å². The highest BCUT2D eigenvalue weighted by Gasteiger charge is 2.24. The summed E-state index contributed by atoms with van der Waals surface area (Å²) in [6, 6.07) is 0.717. The molecule has 0 radical (unpaired) electrons. The second-order valence-corrected chi connectivity index (χ2v) is 4.09. The first-order valence-electron chi connectivity index (χ1n) is 5.33. The van der Waals surface area contributed by atoms with Crippen molar-refractivity contribution in [3.63, 3.8) is 0 Å². The van der Waals surface area contributed by atoms with Crippen LogP contribution in [0.2, 0.25) is 0 Å². The van der Waals surface area contributed by atoms with Crippen LogP contribution in [0.25, 0.3) is 0 Å². The van der Waals surface area contributed by atoms with Crippen LogP contribution in [0.1, 0.15) is 20.3 Å². The maximum atomic E-state index is 8.98. The highest BCUT2D eigenvalue weighted by atomic mass is 16.3. The summed E-state index contributed by atoms with van der Waals surface area (Å²) in [6.45, 7) is 9.07. The molecule has 2 N–H and O–H groups in total. The zero-order chi connectivity index (χ0) is 9.68. The van der Waals surface area contributed by atoms with Crippen molar-refractivity contribution in [1.29, 1.82) is 0 Å². The second kappa shape index (κ2) is 5.58. The molecule has 13 heavy (non-hydrogen) atoms. The molecule has 1 atom stereocenters. The third kappa shape index (κ3) is 3.25. The van der Waals surface area contributed by atoms with E-state index in [9.17, 15) is 0 Å². The first-order chi connectivity index (χ1) is 6.27. The molecular formula is C10H22N2O. The van der Waals surface area contributed by atoms with Gasteiger partial charge in [0, 0.05) is 32.3 Å². The average Bonchev–Trinajstić information content (AvgIpc) is 2.01. The molecule has 0 aliphatic carbocycles. The lowest BCUT2D eigenvalue weighted by Gasteiger charge is -2.39. The molecule has 1 aliphatic rings. The van der Waals surface area contributed by atoms with Gasteiger partial charge in [0.25, 0.3) is 0 Å². The van der Waals surface area contributed by atoms with Crippen LogP contribution >= 0.6 is 0 Å². The van der Waals surface area contributed by atoms with E-state index in [4.69, 9.17) is 5.11 Å². The number of aliphatic hydroxyl groups is 1. The summed E-state index contributed by atoms with van der Waals surface area (Å²) in [5, 5.41) is 12.3. The highest BCUT2D eigenvalue weighted by Crippen LogP contribution is 2.09. The van der Waals surface area contributed by atoms with Gasteiger partial charge in [-0.15, -0.1) is 0 Å². The van der Waals surface area contributed by atoms with Crippen molar-refractivity contribution in [2.45, 2.75) is 26.3 Å². The van der Waals surface area contributed by atoms with E-state index < -0.39 is 0 Å². The molecule has 3 nitrogen and oxygen atoms in total. The zero-order valence-corrected chi connectivity index (χ0v) is 8.79. The van der Waals surface area contributed by atoms with E-state index in [1.54, 1.807) is 0 Å². The number of rotatable bonds is 6. The molecule has 0 aromatic carbocycles. The fourth-order valence-corrected chi connectivity index (χ4v) is 1.70. The van der Waals surface area contributed by atoms with Crippen molar-refractivity contribution < 1.29 is 5.11 Å². The molecule has 0 aromatic rings. The van der Waals surface area contributed by atoms with E-state index in [1.807, 2.05) is 0 Å². The van der Waals surface area contributed by atoms with E-state index in [0.717, 1.165) is 26.2 Å². The Morgan fingerprint density at radius 1 is 1.54 bits per heavy atom. The minimum atomic E-state index is 0.306. The Bertz CT molecular complexity index is 137. The monoisotopic (exact) mass is 186 g/mol. The topological polar surface area (TPSA) is 35.5 Å². The van der Waals surface area contributed by atoms with E-state index in [-0.39, 0.29) is 0 Å². The standard InChI is InChI=1S/C10H22N2O/c1-3-4-12(7-9(2)8-13)10-5-11-6-10/h9-11,13H,3-8H2,1-2H3. The van der Waals surface area contributed by atoms with Crippen LogP contribution in [0.3, 0.4) is 0 Å². The number of aliphatic hydroxyl groups excluding tert-OH is 1. The normalized spacial score (nSPS) is 20.3. The van der Waals surface area contributed by atoms with Crippen molar-refractivity contribution in [2.75, 3.05) is 32.8 Å². The number of hydrogen-bond acceptors (Lipinski definition) is 3. The summed E-state index contributed by atoms with van der Waals surface area (Å²) in [5.41, 5.74) is 0. The Hall–Kier alpha value is -0.120. The summed E-state index contributed by atoms with van der Waals surface area (Å²) in [6.07, 6.45) is 1.20. The van der Waals surface area contributed by atoms with Crippen molar-refractivity contribution in [3.8, 4) is 0 Å². The van der Waals surface area contributed by atoms with Gasteiger partial charge in [0.1, 0.15) is 0 Å². The molecule has 1 aliphatic heterocycles. The first kappa shape index (κ1) is 11.0. The SMILES string of the molecule is CCCN(CC(C)CO)C1CNC1. The Kier molecular flexibility index (Phi) is 4.70. The quantitative estimate of drug-likeness (QED) is 0.626. The Labute approximate surface area is 81.1 Å². The molecule has 1 unspecified atom stereocenters. The molecule has 1 fully saturated rings. The predicted molar refractivity (Wildman–Crippen MR) is 54.8 cm³/mol. The maximum Gasteiger partial charge on any atom is 0.0468 e. The maximum absolute atomic E-state index is 8.98. The summed E-state index contributed by atoms with van der Waals surface area (Å²) >= 11 is 0. The fourth-order valence-electron chi connectivity index (χ4n) is 1.70. The van der Waals surface area contributed by atoms with E-state index in [0.29, 0.717) is 18.6 Å². The molecule has 0 bridgehead atoms. The Balaban J connectivity index is 2.28. The largest absolute Gasteiger partial charge is 0.396 e. The molecule has 1 saturated heterocycles. The lowest BCUT2D eigenvalue weighted by atomic mass is 10.1. The Morgan fingerprint density at radius 3 is 2.62 bits per heavy atom. The third-order valence-electron chi connectivity index (χ3n) is 2.64. The number of nitrogens with one attached hydrogen (secondary N) is 1. The first-order valence-corrected chi connectivity index (χ1v) is 5.33. The van der Waals surface area contributed by atoms with E-state index in [1.165, 1.54) is 6.42 Å². The molecule has 3 heteroatoms. The van der Waals surface area contributed by atoms with Gasteiger partial charge in [0.05, 0.1) is 0 Å². The minimum Gasteiger partial charge on any atom is -0.396 e. The average molecular weight is 186 g/mol. The molecule has 0 amide bonds. The second-order valence-electron chi connectivity index (χ2n) is 4.09. The molecule has 78 valence electrons. The van der Waals surface area contributed by atoms with Gasteiger partial charge in [-0.05, 0) is 18.9 Å². The molecule has 1 heterocycles. The van der Waals surface area contributed by atoms with Crippen LogP contribution in [0.5, 0.6) is 0 Å². The van der Waals surface area contributed by atoms with Crippen LogP contribution in [-0.2, 0) is 0 Å². The van der Waals surface area contributed by atoms with Crippen molar-refractivity contribution >= 4 is 0 Å². The van der Waals surface area contributed by atoms with Crippen LogP contribution in [0.4, 0.5) is 0 Å². The van der Waals surface area contributed by atoms with Crippen molar-refractivity contribution in [3.05, 3.63) is 0 Å². The van der Waals surface area contributed by atoms with Crippen LogP contribution in [0, 0.1) is 5.92 Å². The minimum absolute atomic E-state index is 0.306. The molecule has 0 aromatic heterocycles.